The molecule has 0 radical (unpaired) electrons. The van der Waals surface area contributed by atoms with Gasteiger partial charge in [-0.1, -0.05) is 36.4 Å². The largest absolute Gasteiger partial charge is 0.478 e. The van der Waals surface area contributed by atoms with E-state index in [0.717, 1.165) is 30.2 Å². The topological polar surface area (TPSA) is 67.5 Å². The smallest absolute Gasteiger partial charge is 0.337 e. The molecule has 4 aromatic rings. The first-order valence-corrected chi connectivity index (χ1v) is 10.5. The Kier molecular flexibility index (Phi) is 4.32. The number of hydrogen-bond donors (Lipinski definition) is 1. The summed E-state index contributed by atoms with van der Waals surface area (Å²) in [5, 5.41) is 12.5. The monoisotopic (exact) mass is 402 g/mol. The van der Waals surface area contributed by atoms with Gasteiger partial charge in [-0.15, -0.1) is 11.3 Å². The van der Waals surface area contributed by atoms with E-state index < -0.39 is 5.97 Å². The number of aryl methyl sites for hydroxylation is 2. The van der Waals surface area contributed by atoms with E-state index in [0.29, 0.717) is 16.0 Å². The highest BCUT2D eigenvalue weighted by atomic mass is 32.1. The van der Waals surface area contributed by atoms with Gasteiger partial charge in [0, 0.05) is 16.7 Å². The number of rotatable bonds is 5. The molecule has 1 N–H and O–H groups in total. The molecule has 0 amide bonds. The summed E-state index contributed by atoms with van der Waals surface area (Å²) in [5.41, 5.74) is 4.96. The van der Waals surface area contributed by atoms with Crippen LogP contribution >= 0.6 is 11.3 Å². The van der Waals surface area contributed by atoms with Crippen LogP contribution in [0.2, 0.25) is 0 Å². The van der Waals surface area contributed by atoms with E-state index in [4.69, 9.17) is 4.42 Å². The van der Waals surface area contributed by atoms with Crippen LogP contribution in [0, 0.1) is 0 Å². The second kappa shape index (κ2) is 7.01. The lowest BCUT2D eigenvalue weighted by atomic mass is 9.99. The lowest BCUT2D eigenvalue weighted by molar-refractivity contribution is 0.0697. The second-order valence-corrected chi connectivity index (χ2v) is 8.24. The van der Waals surface area contributed by atoms with Crippen LogP contribution in [0.4, 0.5) is 0 Å². The fourth-order valence-corrected chi connectivity index (χ4v) is 5.12. The Morgan fingerprint density at radius 3 is 2.69 bits per heavy atom. The van der Waals surface area contributed by atoms with Crippen LogP contribution in [-0.4, -0.2) is 16.9 Å². The van der Waals surface area contributed by atoms with Crippen LogP contribution in [0.5, 0.6) is 0 Å². The molecule has 29 heavy (non-hydrogen) atoms. The summed E-state index contributed by atoms with van der Waals surface area (Å²) in [6.45, 7) is 0. The third-order valence-electron chi connectivity index (χ3n) is 5.49. The van der Waals surface area contributed by atoms with Crippen molar-refractivity contribution in [2.45, 2.75) is 25.7 Å². The molecule has 4 nitrogen and oxygen atoms in total. The first-order valence-electron chi connectivity index (χ1n) is 9.58. The lowest BCUT2D eigenvalue weighted by Gasteiger charge is -2.06. The Morgan fingerprint density at radius 2 is 1.86 bits per heavy atom. The van der Waals surface area contributed by atoms with Gasteiger partial charge in [-0.05, 0) is 59.0 Å². The third kappa shape index (κ3) is 3.17. The molecule has 2 aromatic heterocycles. The van der Waals surface area contributed by atoms with Crippen molar-refractivity contribution in [3.05, 3.63) is 81.9 Å². The molecule has 0 spiro atoms. The SMILES string of the molecule is O=C(Cc1csc(-c2ccc3c(c2)CCC3)c1C(=O)O)c1cc2ccccc2o1. The Bertz CT molecular complexity index is 1230. The van der Waals surface area contributed by atoms with E-state index in [1.165, 1.54) is 22.5 Å². The molecular weight excluding hydrogens is 384 g/mol. The Hall–Kier alpha value is -3.18. The number of ketones is 1. The first-order chi connectivity index (χ1) is 14.1. The zero-order chi connectivity index (χ0) is 20.0. The van der Waals surface area contributed by atoms with Crippen molar-refractivity contribution in [3.8, 4) is 10.4 Å². The average molecular weight is 402 g/mol. The van der Waals surface area contributed by atoms with Gasteiger partial charge in [0.05, 0.1) is 5.56 Å². The molecule has 0 unspecified atom stereocenters. The number of furan rings is 1. The number of thiophene rings is 1. The minimum atomic E-state index is -1.01. The summed E-state index contributed by atoms with van der Waals surface area (Å²) in [4.78, 5) is 25.5. The van der Waals surface area contributed by atoms with Crippen LogP contribution in [0.15, 0.2) is 58.3 Å². The number of Topliss-reactive ketones (excluding diaryl/α,β-unsaturated/α-hetero) is 1. The predicted molar refractivity (Wildman–Crippen MR) is 113 cm³/mol. The minimum absolute atomic E-state index is 0.00287. The normalized spacial score (nSPS) is 13.0. The summed E-state index contributed by atoms with van der Waals surface area (Å²) in [5.74, 6) is -0.969. The molecule has 0 atom stereocenters. The minimum Gasteiger partial charge on any atom is -0.478 e. The number of fused-ring (bicyclic) bond motifs is 2. The van der Waals surface area contributed by atoms with E-state index in [9.17, 15) is 14.7 Å². The highest BCUT2D eigenvalue weighted by Crippen LogP contribution is 2.36. The van der Waals surface area contributed by atoms with E-state index in [-0.39, 0.29) is 23.5 Å². The fraction of sp³-hybridized carbons (Fsp3) is 0.167. The summed E-state index contributed by atoms with van der Waals surface area (Å²) in [7, 11) is 0. The van der Waals surface area contributed by atoms with E-state index in [1.54, 1.807) is 11.4 Å². The molecule has 0 saturated carbocycles. The summed E-state index contributed by atoms with van der Waals surface area (Å²) in [6, 6.07) is 15.3. The maximum atomic E-state index is 12.8. The van der Waals surface area contributed by atoms with E-state index in [1.807, 2.05) is 30.3 Å². The number of benzene rings is 2. The highest BCUT2D eigenvalue weighted by Gasteiger charge is 2.24. The molecule has 1 aliphatic rings. The third-order valence-corrected chi connectivity index (χ3v) is 6.57. The van der Waals surface area contributed by atoms with Gasteiger partial charge in [-0.25, -0.2) is 4.79 Å². The van der Waals surface area contributed by atoms with Crippen LogP contribution in [-0.2, 0) is 19.3 Å². The van der Waals surface area contributed by atoms with E-state index >= 15 is 0 Å². The van der Waals surface area contributed by atoms with Gasteiger partial charge in [0.2, 0.25) is 5.78 Å². The number of carbonyl (C=O) groups is 2. The van der Waals surface area contributed by atoms with Gasteiger partial charge < -0.3 is 9.52 Å². The summed E-state index contributed by atoms with van der Waals surface area (Å²) in [6.07, 6.45) is 3.27. The van der Waals surface area contributed by atoms with Crippen molar-refractivity contribution in [1.29, 1.82) is 0 Å². The molecule has 144 valence electrons. The highest BCUT2D eigenvalue weighted by molar-refractivity contribution is 7.14. The molecule has 0 aliphatic heterocycles. The molecule has 0 fully saturated rings. The summed E-state index contributed by atoms with van der Waals surface area (Å²) < 4.78 is 5.65. The van der Waals surface area contributed by atoms with Gasteiger partial charge in [0.15, 0.2) is 5.76 Å². The van der Waals surface area contributed by atoms with Crippen molar-refractivity contribution in [1.82, 2.24) is 0 Å². The molecule has 5 rings (SSSR count). The van der Waals surface area contributed by atoms with Crippen molar-refractivity contribution in [3.63, 3.8) is 0 Å². The zero-order valence-electron chi connectivity index (χ0n) is 15.6. The number of carbonyl (C=O) groups excluding carboxylic acids is 1. The molecule has 0 bridgehead atoms. The molecule has 0 saturated heterocycles. The van der Waals surface area contributed by atoms with Crippen LogP contribution in [0.3, 0.4) is 0 Å². The number of para-hydroxylation sites is 1. The van der Waals surface area contributed by atoms with Crippen molar-refractivity contribution >= 4 is 34.1 Å². The first kappa shape index (κ1) is 17.9. The molecule has 1 aliphatic carbocycles. The number of carboxylic acids is 1. The van der Waals surface area contributed by atoms with Crippen molar-refractivity contribution in [2.24, 2.45) is 0 Å². The average Bonchev–Trinajstić information content (AvgIpc) is 3.44. The fourth-order valence-electron chi connectivity index (χ4n) is 4.06. The van der Waals surface area contributed by atoms with Gasteiger partial charge in [-0.3, -0.25) is 4.79 Å². The Morgan fingerprint density at radius 1 is 1.03 bits per heavy atom. The number of hydrogen-bond acceptors (Lipinski definition) is 4. The van der Waals surface area contributed by atoms with E-state index in [2.05, 4.69) is 12.1 Å². The molecule has 2 heterocycles. The summed E-state index contributed by atoms with van der Waals surface area (Å²) >= 11 is 1.38. The Labute approximate surface area is 171 Å². The quantitative estimate of drug-likeness (QED) is 0.430. The van der Waals surface area contributed by atoms with Crippen LogP contribution in [0.1, 0.15) is 44.0 Å². The molecule has 2 aromatic carbocycles. The van der Waals surface area contributed by atoms with Crippen molar-refractivity contribution < 1.29 is 19.1 Å². The maximum absolute atomic E-state index is 12.8. The van der Waals surface area contributed by atoms with Gasteiger partial charge in [-0.2, -0.15) is 0 Å². The van der Waals surface area contributed by atoms with Gasteiger partial charge in [0.1, 0.15) is 5.58 Å². The lowest BCUT2D eigenvalue weighted by Crippen LogP contribution is -2.07. The second-order valence-electron chi connectivity index (χ2n) is 7.36. The van der Waals surface area contributed by atoms with Crippen LogP contribution in [0.25, 0.3) is 21.4 Å². The number of aromatic carboxylic acids is 1. The molecule has 5 heteroatoms. The van der Waals surface area contributed by atoms with Gasteiger partial charge in [0.25, 0.3) is 0 Å². The molecular formula is C24H18O4S. The van der Waals surface area contributed by atoms with Crippen molar-refractivity contribution in [2.75, 3.05) is 0 Å². The number of carboxylic acid groups (broad SMARTS) is 1. The predicted octanol–water partition coefficient (Wildman–Crippen LogP) is 5.77. The van der Waals surface area contributed by atoms with Crippen LogP contribution < -0.4 is 0 Å². The standard InChI is InChI=1S/C24H18O4S/c25-19(21-12-16-4-1-2-7-20(16)28-21)11-18-13-29-23(22(18)24(26)27)17-9-8-14-5-3-6-15(14)10-17/h1-2,4,7-10,12-13H,3,5-6,11H2,(H,26,27). The maximum Gasteiger partial charge on any atom is 0.337 e. The van der Waals surface area contributed by atoms with Gasteiger partial charge >= 0.3 is 5.97 Å². The zero-order valence-corrected chi connectivity index (χ0v) is 16.4. The Balaban J connectivity index is 1.49.